The van der Waals surface area contributed by atoms with Crippen LogP contribution in [0.4, 0.5) is 4.79 Å². The number of rotatable bonds is 3. The molecule has 19 heavy (non-hydrogen) atoms. The zero-order valence-corrected chi connectivity index (χ0v) is 11.9. The minimum atomic E-state index is -0.864. The molecule has 2 atom stereocenters. The first-order valence-electron chi connectivity index (χ1n) is 6.92. The van der Waals surface area contributed by atoms with Crippen LogP contribution in [0.1, 0.15) is 52.9 Å². The van der Waals surface area contributed by atoms with Crippen LogP contribution < -0.4 is 5.32 Å². The summed E-state index contributed by atoms with van der Waals surface area (Å²) in [4.78, 5) is 23.0. The molecule has 2 aliphatic carbocycles. The van der Waals surface area contributed by atoms with E-state index in [1.807, 2.05) is 0 Å². The fraction of sp³-hybridized carbons (Fsp3) is 0.857. The van der Waals surface area contributed by atoms with Gasteiger partial charge in [-0.2, -0.15) is 0 Å². The summed E-state index contributed by atoms with van der Waals surface area (Å²) in [5.41, 5.74) is -1.17. The van der Waals surface area contributed by atoms with Gasteiger partial charge in [-0.3, -0.25) is 4.79 Å². The summed E-state index contributed by atoms with van der Waals surface area (Å²) in [6.07, 6.45) is 3.32. The first-order valence-corrected chi connectivity index (χ1v) is 6.92. The van der Waals surface area contributed by atoms with E-state index in [2.05, 4.69) is 5.32 Å². The average Bonchev–Trinajstić information content (AvgIpc) is 2.38. The minimum Gasteiger partial charge on any atom is -0.481 e. The van der Waals surface area contributed by atoms with E-state index >= 15 is 0 Å². The van der Waals surface area contributed by atoms with E-state index in [-0.39, 0.29) is 6.42 Å². The van der Waals surface area contributed by atoms with Crippen molar-refractivity contribution in [2.24, 2.45) is 11.8 Å². The van der Waals surface area contributed by atoms with Crippen molar-refractivity contribution in [2.75, 3.05) is 0 Å². The first-order chi connectivity index (χ1) is 8.69. The number of hydrogen-bond acceptors (Lipinski definition) is 3. The summed E-state index contributed by atoms with van der Waals surface area (Å²) >= 11 is 0. The van der Waals surface area contributed by atoms with Gasteiger partial charge in [-0.1, -0.05) is 0 Å². The fourth-order valence-electron chi connectivity index (χ4n) is 3.36. The van der Waals surface area contributed by atoms with Gasteiger partial charge in [0.05, 0.1) is 12.0 Å². The lowest BCUT2D eigenvalue weighted by molar-refractivity contribution is -0.138. The standard InChI is InChI=1S/C14H23NO4/c1-13(2,3)19-12(18)15-14(8-11(16)17)6-9-4-5-10(9)7-14/h9-10H,4-8H2,1-3H3,(H,15,18)(H,16,17). The third-order valence-electron chi connectivity index (χ3n) is 4.14. The van der Waals surface area contributed by atoms with Gasteiger partial charge < -0.3 is 15.2 Å². The van der Waals surface area contributed by atoms with E-state index in [0.29, 0.717) is 11.8 Å². The molecule has 0 aromatic carbocycles. The Morgan fingerprint density at radius 1 is 1.26 bits per heavy atom. The second-order valence-electron chi connectivity index (χ2n) is 6.98. The number of carbonyl (C=O) groups is 2. The smallest absolute Gasteiger partial charge is 0.408 e. The molecule has 2 N–H and O–H groups in total. The largest absolute Gasteiger partial charge is 0.481 e. The number of fused-ring (bicyclic) bond motifs is 1. The number of nitrogens with one attached hydrogen (secondary N) is 1. The number of carbonyl (C=O) groups excluding carboxylic acids is 1. The highest BCUT2D eigenvalue weighted by atomic mass is 16.6. The zero-order chi connectivity index (χ0) is 14.3. The van der Waals surface area contributed by atoms with E-state index in [9.17, 15) is 9.59 Å². The van der Waals surface area contributed by atoms with Crippen molar-refractivity contribution >= 4 is 12.1 Å². The number of ether oxygens (including phenoxy) is 1. The molecule has 5 nitrogen and oxygen atoms in total. The van der Waals surface area contributed by atoms with E-state index in [0.717, 1.165) is 25.7 Å². The van der Waals surface area contributed by atoms with Gasteiger partial charge in [0.2, 0.25) is 0 Å². The van der Waals surface area contributed by atoms with Gasteiger partial charge >= 0.3 is 12.1 Å². The SMILES string of the molecule is CC(C)(C)OC(=O)NC1(CC(=O)O)CC2CCC2C1. The van der Waals surface area contributed by atoms with E-state index < -0.39 is 23.2 Å². The Balaban J connectivity index is 2.02. The van der Waals surface area contributed by atoms with E-state index in [1.54, 1.807) is 20.8 Å². The Morgan fingerprint density at radius 2 is 1.79 bits per heavy atom. The van der Waals surface area contributed by atoms with Crippen LogP contribution in [0.5, 0.6) is 0 Å². The molecule has 2 fully saturated rings. The lowest BCUT2D eigenvalue weighted by Gasteiger charge is -2.30. The molecule has 0 aromatic heterocycles. The van der Waals surface area contributed by atoms with Gasteiger partial charge in [0, 0.05) is 0 Å². The molecule has 2 saturated carbocycles. The monoisotopic (exact) mass is 269 g/mol. The number of amides is 1. The lowest BCUT2D eigenvalue weighted by atomic mass is 9.77. The summed E-state index contributed by atoms with van der Waals surface area (Å²) < 4.78 is 5.25. The normalized spacial score (nSPS) is 33.2. The number of hydrogen-bond donors (Lipinski definition) is 2. The molecule has 5 heteroatoms. The molecule has 1 amide bonds. The molecular weight excluding hydrogens is 246 g/mol. The molecular formula is C14H23NO4. The topological polar surface area (TPSA) is 75.6 Å². The van der Waals surface area contributed by atoms with Crippen molar-refractivity contribution in [1.82, 2.24) is 5.32 Å². The van der Waals surface area contributed by atoms with Crippen molar-refractivity contribution in [3.8, 4) is 0 Å². The molecule has 0 bridgehead atoms. The molecule has 0 heterocycles. The Labute approximate surface area is 113 Å². The van der Waals surface area contributed by atoms with Crippen LogP contribution in [0.3, 0.4) is 0 Å². The molecule has 0 radical (unpaired) electrons. The van der Waals surface area contributed by atoms with Crippen LogP contribution in [0.25, 0.3) is 0 Å². The molecule has 2 rings (SSSR count). The summed E-state index contributed by atoms with van der Waals surface area (Å²) in [6, 6.07) is 0. The average molecular weight is 269 g/mol. The highest BCUT2D eigenvalue weighted by Crippen LogP contribution is 2.52. The summed E-state index contributed by atoms with van der Waals surface area (Å²) in [5, 5.41) is 11.9. The summed E-state index contributed by atoms with van der Waals surface area (Å²) in [6.45, 7) is 5.40. The maximum Gasteiger partial charge on any atom is 0.408 e. The van der Waals surface area contributed by atoms with Gasteiger partial charge in [0.1, 0.15) is 5.60 Å². The Hall–Kier alpha value is -1.26. The highest BCUT2D eigenvalue weighted by Gasteiger charge is 2.51. The summed E-state index contributed by atoms with van der Waals surface area (Å²) in [5.74, 6) is 0.293. The molecule has 0 aliphatic heterocycles. The molecule has 108 valence electrons. The molecule has 2 unspecified atom stereocenters. The highest BCUT2D eigenvalue weighted by molar-refractivity contribution is 5.73. The van der Waals surface area contributed by atoms with Gasteiger partial charge in [-0.05, 0) is 58.3 Å². The Kier molecular flexibility index (Phi) is 3.49. The third kappa shape index (κ3) is 3.39. The molecule has 2 aliphatic rings. The van der Waals surface area contributed by atoms with Crippen LogP contribution in [0.2, 0.25) is 0 Å². The second kappa shape index (κ2) is 4.69. The number of alkyl carbamates (subject to hydrolysis) is 1. The predicted octanol–water partition coefficient (Wildman–Crippen LogP) is 2.54. The van der Waals surface area contributed by atoms with Crippen LogP contribution in [0, 0.1) is 11.8 Å². The van der Waals surface area contributed by atoms with Crippen LogP contribution in [0.15, 0.2) is 0 Å². The van der Waals surface area contributed by atoms with Gasteiger partial charge in [-0.15, -0.1) is 0 Å². The van der Waals surface area contributed by atoms with Crippen LogP contribution >= 0.6 is 0 Å². The second-order valence-corrected chi connectivity index (χ2v) is 6.98. The third-order valence-corrected chi connectivity index (χ3v) is 4.14. The molecule has 0 saturated heterocycles. The van der Waals surface area contributed by atoms with Crippen molar-refractivity contribution < 1.29 is 19.4 Å². The van der Waals surface area contributed by atoms with Gasteiger partial charge in [-0.25, -0.2) is 4.79 Å². The molecule has 0 aromatic rings. The van der Waals surface area contributed by atoms with Crippen molar-refractivity contribution in [1.29, 1.82) is 0 Å². The van der Waals surface area contributed by atoms with Gasteiger partial charge in [0.25, 0.3) is 0 Å². The fourth-order valence-corrected chi connectivity index (χ4v) is 3.36. The maximum absolute atomic E-state index is 11.9. The van der Waals surface area contributed by atoms with Crippen molar-refractivity contribution in [3.63, 3.8) is 0 Å². The lowest BCUT2D eigenvalue weighted by Crippen LogP contribution is -2.49. The summed E-state index contributed by atoms with van der Waals surface area (Å²) in [7, 11) is 0. The van der Waals surface area contributed by atoms with Gasteiger partial charge in [0.15, 0.2) is 0 Å². The minimum absolute atomic E-state index is 0.0146. The van der Waals surface area contributed by atoms with Crippen molar-refractivity contribution in [3.05, 3.63) is 0 Å². The number of carboxylic acid groups (broad SMARTS) is 1. The van der Waals surface area contributed by atoms with Crippen LogP contribution in [-0.4, -0.2) is 28.3 Å². The predicted molar refractivity (Wildman–Crippen MR) is 69.8 cm³/mol. The Morgan fingerprint density at radius 3 is 2.16 bits per heavy atom. The Bertz CT molecular complexity index is 373. The van der Waals surface area contributed by atoms with E-state index in [1.165, 1.54) is 0 Å². The molecule has 0 spiro atoms. The van der Waals surface area contributed by atoms with Crippen LogP contribution in [-0.2, 0) is 9.53 Å². The first kappa shape index (κ1) is 14.2. The number of carboxylic acids is 1. The number of aliphatic carboxylic acids is 1. The van der Waals surface area contributed by atoms with E-state index in [4.69, 9.17) is 9.84 Å². The maximum atomic E-state index is 11.9. The quantitative estimate of drug-likeness (QED) is 0.825. The zero-order valence-electron chi connectivity index (χ0n) is 11.9. The van der Waals surface area contributed by atoms with Crippen molar-refractivity contribution in [2.45, 2.75) is 64.0 Å².